The van der Waals surface area contributed by atoms with Crippen molar-refractivity contribution in [2.75, 3.05) is 0 Å². The summed E-state index contributed by atoms with van der Waals surface area (Å²) in [6.07, 6.45) is 0. The molecule has 0 aliphatic rings. The molecule has 3 aromatic rings. The monoisotopic (exact) mass is 340 g/mol. The molecule has 0 atom stereocenters. The molecular formula is C18H13ClN2O3. The molecule has 1 N–H and O–H groups in total. The third kappa shape index (κ3) is 3.88. The highest BCUT2D eigenvalue weighted by molar-refractivity contribution is 6.30. The smallest absolute Gasteiger partial charge is 0.335 e. The third-order valence-corrected chi connectivity index (χ3v) is 3.60. The zero-order chi connectivity index (χ0) is 16.9. The molecule has 0 aliphatic heterocycles. The zero-order valence-corrected chi connectivity index (χ0v) is 13.3. The predicted molar refractivity (Wildman–Crippen MR) is 90.2 cm³/mol. The molecule has 0 spiro atoms. The lowest BCUT2D eigenvalue weighted by molar-refractivity contribution is 0.0697. The van der Waals surface area contributed by atoms with E-state index < -0.39 is 5.97 Å². The van der Waals surface area contributed by atoms with Crippen LogP contribution in [0.2, 0.25) is 5.02 Å². The van der Waals surface area contributed by atoms with Crippen molar-refractivity contribution < 1.29 is 14.6 Å². The number of aromatic carboxylic acids is 1. The Morgan fingerprint density at radius 2 is 1.83 bits per heavy atom. The van der Waals surface area contributed by atoms with Crippen molar-refractivity contribution in [1.29, 1.82) is 0 Å². The van der Waals surface area contributed by atoms with E-state index in [1.54, 1.807) is 42.5 Å². The van der Waals surface area contributed by atoms with Gasteiger partial charge in [0.05, 0.1) is 11.3 Å². The van der Waals surface area contributed by atoms with Crippen LogP contribution in [0.25, 0.3) is 11.3 Å². The Kier molecular flexibility index (Phi) is 4.72. The largest absolute Gasteiger partial charge is 0.478 e. The Labute approximate surface area is 143 Å². The Morgan fingerprint density at radius 1 is 1.04 bits per heavy atom. The van der Waals surface area contributed by atoms with Crippen LogP contribution in [0.15, 0.2) is 60.7 Å². The fourth-order valence-electron chi connectivity index (χ4n) is 2.10. The number of carbonyl (C=O) groups is 1. The summed E-state index contributed by atoms with van der Waals surface area (Å²) >= 11 is 5.84. The van der Waals surface area contributed by atoms with Crippen LogP contribution in [0.1, 0.15) is 15.9 Å². The highest BCUT2D eigenvalue weighted by atomic mass is 35.5. The molecule has 120 valence electrons. The Balaban J connectivity index is 1.70. The normalized spacial score (nSPS) is 10.4. The van der Waals surface area contributed by atoms with Crippen LogP contribution in [0.3, 0.4) is 0 Å². The van der Waals surface area contributed by atoms with Crippen molar-refractivity contribution in [3.63, 3.8) is 0 Å². The highest BCUT2D eigenvalue weighted by Gasteiger charge is 2.07. The standard InChI is InChI=1S/C18H13ClN2O3/c19-15-6-4-12(5-7-15)11-24-17-9-8-16(20-21-17)13-2-1-3-14(10-13)18(22)23/h1-10H,11H2,(H,22,23). The number of benzene rings is 2. The first-order valence-corrected chi connectivity index (χ1v) is 7.54. The van der Waals surface area contributed by atoms with Crippen LogP contribution in [-0.4, -0.2) is 21.3 Å². The van der Waals surface area contributed by atoms with Gasteiger partial charge in [-0.3, -0.25) is 0 Å². The van der Waals surface area contributed by atoms with E-state index in [1.165, 1.54) is 6.07 Å². The minimum atomic E-state index is -0.979. The Bertz CT molecular complexity index is 849. The fourth-order valence-corrected chi connectivity index (χ4v) is 2.23. The van der Waals surface area contributed by atoms with Gasteiger partial charge in [0, 0.05) is 16.7 Å². The molecule has 3 rings (SSSR count). The summed E-state index contributed by atoms with van der Waals surface area (Å²) in [5, 5.41) is 17.8. The van der Waals surface area contributed by atoms with E-state index in [0.29, 0.717) is 28.8 Å². The molecule has 24 heavy (non-hydrogen) atoms. The van der Waals surface area contributed by atoms with Gasteiger partial charge in [-0.1, -0.05) is 35.9 Å². The van der Waals surface area contributed by atoms with Crippen LogP contribution in [-0.2, 0) is 6.61 Å². The minimum Gasteiger partial charge on any atom is -0.478 e. The van der Waals surface area contributed by atoms with Gasteiger partial charge in [-0.2, -0.15) is 0 Å². The summed E-state index contributed by atoms with van der Waals surface area (Å²) < 4.78 is 5.57. The van der Waals surface area contributed by atoms with Crippen LogP contribution in [0.4, 0.5) is 0 Å². The number of halogens is 1. The lowest BCUT2D eigenvalue weighted by Crippen LogP contribution is -1.99. The maximum Gasteiger partial charge on any atom is 0.335 e. The first kappa shape index (κ1) is 16.0. The van der Waals surface area contributed by atoms with E-state index in [2.05, 4.69) is 10.2 Å². The van der Waals surface area contributed by atoms with E-state index in [0.717, 1.165) is 5.56 Å². The van der Waals surface area contributed by atoms with E-state index in [4.69, 9.17) is 21.4 Å². The lowest BCUT2D eigenvalue weighted by atomic mass is 10.1. The van der Waals surface area contributed by atoms with Gasteiger partial charge in [0.25, 0.3) is 0 Å². The first-order valence-electron chi connectivity index (χ1n) is 7.16. The molecule has 0 amide bonds. The average molecular weight is 341 g/mol. The summed E-state index contributed by atoms with van der Waals surface area (Å²) in [4.78, 5) is 11.0. The number of nitrogens with zero attached hydrogens (tertiary/aromatic N) is 2. The number of carboxylic acid groups (broad SMARTS) is 1. The molecule has 0 radical (unpaired) electrons. The van der Waals surface area contributed by atoms with Crippen molar-refractivity contribution in [2.45, 2.75) is 6.61 Å². The third-order valence-electron chi connectivity index (χ3n) is 3.35. The molecule has 0 unspecified atom stereocenters. The van der Waals surface area contributed by atoms with E-state index in [9.17, 15) is 4.79 Å². The lowest BCUT2D eigenvalue weighted by Gasteiger charge is -2.06. The first-order chi connectivity index (χ1) is 11.6. The quantitative estimate of drug-likeness (QED) is 0.757. The average Bonchev–Trinajstić information content (AvgIpc) is 2.62. The second-order valence-electron chi connectivity index (χ2n) is 5.06. The summed E-state index contributed by atoms with van der Waals surface area (Å²) in [6, 6.07) is 17.3. The summed E-state index contributed by atoms with van der Waals surface area (Å²) in [5.41, 5.74) is 2.44. The number of rotatable bonds is 5. The predicted octanol–water partition coefficient (Wildman–Crippen LogP) is 4.07. The van der Waals surface area contributed by atoms with Gasteiger partial charge >= 0.3 is 5.97 Å². The van der Waals surface area contributed by atoms with E-state index in [-0.39, 0.29) is 5.56 Å². The van der Waals surface area contributed by atoms with Crippen molar-refractivity contribution in [3.05, 3.63) is 76.8 Å². The van der Waals surface area contributed by atoms with E-state index in [1.807, 2.05) is 12.1 Å². The van der Waals surface area contributed by atoms with Gasteiger partial charge in [0.1, 0.15) is 6.61 Å². The summed E-state index contributed by atoms with van der Waals surface area (Å²) in [5.74, 6) is -0.587. The molecule has 0 bridgehead atoms. The summed E-state index contributed by atoms with van der Waals surface area (Å²) in [6.45, 7) is 0.361. The van der Waals surface area contributed by atoms with Crippen LogP contribution >= 0.6 is 11.6 Å². The second kappa shape index (κ2) is 7.10. The zero-order valence-electron chi connectivity index (χ0n) is 12.5. The van der Waals surface area contributed by atoms with Gasteiger partial charge in [0.15, 0.2) is 0 Å². The highest BCUT2D eigenvalue weighted by Crippen LogP contribution is 2.20. The Morgan fingerprint density at radius 3 is 2.50 bits per heavy atom. The number of hydrogen-bond donors (Lipinski definition) is 1. The molecule has 0 aliphatic carbocycles. The molecule has 1 heterocycles. The van der Waals surface area contributed by atoms with Gasteiger partial charge in [-0.05, 0) is 35.9 Å². The summed E-state index contributed by atoms with van der Waals surface area (Å²) in [7, 11) is 0. The van der Waals surface area contributed by atoms with Crippen LogP contribution in [0.5, 0.6) is 5.88 Å². The maximum absolute atomic E-state index is 11.0. The van der Waals surface area contributed by atoms with Gasteiger partial charge in [0.2, 0.25) is 5.88 Å². The molecule has 6 heteroatoms. The van der Waals surface area contributed by atoms with Gasteiger partial charge < -0.3 is 9.84 Å². The van der Waals surface area contributed by atoms with Crippen molar-refractivity contribution in [1.82, 2.24) is 10.2 Å². The Hall–Kier alpha value is -2.92. The molecular weight excluding hydrogens is 328 g/mol. The molecule has 0 saturated carbocycles. The topological polar surface area (TPSA) is 72.3 Å². The molecule has 0 saturated heterocycles. The van der Waals surface area contributed by atoms with Crippen molar-refractivity contribution >= 4 is 17.6 Å². The molecule has 2 aromatic carbocycles. The number of carboxylic acids is 1. The fraction of sp³-hybridized carbons (Fsp3) is 0.0556. The second-order valence-corrected chi connectivity index (χ2v) is 5.49. The SMILES string of the molecule is O=C(O)c1cccc(-c2ccc(OCc3ccc(Cl)cc3)nn2)c1. The maximum atomic E-state index is 11.0. The number of ether oxygens (including phenoxy) is 1. The molecule has 1 aromatic heterocycles. The molecule has 0 fully saturated rings. The van der Waals surface area contributed by atoms with Crippen molar-refractivity contribution in [3.8, 4) is 17.1 Å². The van der Waals surface area contributed by atoms with Crippen molar-refractivity contribution in [2.24, 2.45) is 0 Å². The number of hydrogen-bond acceptors (Lipinski definition) is 4. The van der Waals surface area contributed by atoms with Crippen LogP contribution in [0, 0.1) is 0 Å². The molecule has 5 nitrogen and oxygen atoms in total. The van der Waals surface area contributed by atoms with Crippen LogP contribution < -0.4 is 4.74 Å². The van der Waals surface area contributed by atoms with Gasteiger partial charge in [-0.15, -0.1) is 10.2 Å². The number of aromatic nitrogens is 2. The van der Waals surface area contributed by atoms with Gasteiger partial charge in [-0.25, -0.2) is 4.79 Å². The van der Waals surface area contributed by atoms with E-state index >= 15 is 0 Å². The minimum absolute atomic E-state index is 0.206.